The van der Waals surface area contributed by atoms with Crippen LogP contribution in [0.15, 0.2) is 36.4 Å². The summed E-state index contributed by atoms with van der Waals surface area (Å²) in [5, 5.41) is 27.2. The number of fused-ring (bicyclic) bond motifs is 1. The van der Waals surface area contributed by atoms with E-state index in [1.807, 2.05) is 6.07 Å². The number of benzene rings is 2. The Labute approximate surface area is 173 Å². The molecule has 0 aromatic heterocycles. The predicted molar refractivity (Wildman–Crippen MR) is 109 cm³/mol. The molecule has 2 aromatic rings. The quantitative estimate of drug-likeness (QED) is 0.471. The molecule has 1 fully saturated rings. The zero-order valence-corrected chi connectivity index (χ0v) is 16.3. The van der Waals surface area contributed by atoms with Crippen LogP contribution in [0.4, 0.5) is 11.4 Å². The molecule has 9 nitrogen and oxygen atoms in total. The fourth-order valence-electron chi connectivity index (χ4n) is 3.93. The average molecular weight is 413 g/mol. The molecule has 1 aliphatic heterocycles. The van der Waals surface area contributed by atoms with Crippen molar-refractivity contribution >= 4 is 17.3 Å². The van der Waals surface area contributed by atoms with E-state index in [-0.39, 0.29) is 31.2 Å². The molecule has 0 bridgehead atoms. The number of aliphatic hydroxyl groups is 1. The van der Waals surface area contributed by atoms with E-state index in [0.717, 1.165) is 31.2 Å². The van der Waals surface area contributed by atoms with Crippen LogP contribution in [0, 0.1) is 10.1 Å². The fraction of sp³-hybridized carbons (Fsp3) is 0.381. The van der Waals surface area contributed by atoms with Crippen molar-refractivity contribution in [3.05, 3.63) is 57.6 Å². The van der Waals surface area contributed by atoms with Gasteiger partial charge in [-0.2, -0.15) is 0 Å². The van der Waals surface area contributed by atoms with Gasteiger partial charge >= 0.3 is 0 Å². The lowest BCUT2D eigenvalue weighted by atomic mass is 9.97. The van der Waals surface area contributed by atoms with Gasteiger partial charge in [0.2, 0.25) is 6.79 Å². The molecular weight excluding hydrogens is 390 g/mol. The van der Waals surface area contributed by atoms with Crippen LogP contribution in [0.25, 0.3) is 0 Å². The molecule has 30 heavy (non-hydrogen) atoms. The number of non-ortho nitro benzene ring substituents is 1. The highest BCUT2D eigenvalue weighted by Gasteiger charge is 2.34. The molecule has 1 amide bonds. The third-order valence-electron chi connectivity index (χ3n) is 5.61. The van der Waals surface area contributed by atoms with Crippen molar-refractivity contribution in [2.45, 2.75) is 37.8 Å². The number of aliphatic hydroxyl groups excluding tert-OH is 1. The van der Waals surface area contributed by atoms with E-state index in [1.54, 1.807) is 12.1 Å². The van der Waals surface area contributed by atoms with E-state index in [1.165, 1.54) is 18.2 Å². The van der Waals surface area contributed by atoms with Gasteiger partial charge in [0.05, 0.1) is 22.6 Å². The Morgan fingerprint density at radius 3 is 2.63 bits per heavy atom. The minimum Gasteiger partial charge on any atom is -0.454 e. The maximum absolute atomic E-state index is 12.9. The molecule has 0 saturated heterocycles. The summed E-state index contributed by atoms with van der Waals surface area (Å²) in [6, 6.07) is 9.53. The number of nitrogens with zero attached hydrogens (tertiary/aromatic N) is 1. The van der Waals surface area contributed by atoms with Crippen LogP contribution in [0.1, 0.15) is 41.6 Å². The first-order valence-corrected chi connectivity index (χ1v) is 9.84. The maximum atomic E-state index is 12.9. The summed E-state index contributed by atoms with van der Waals surface area (Å²) in [6.45, 7) is 0.325. The monoisotopic (exact) mass is 413 g/mol. The van der Waals surface area contributed by atoms with Crippen LogP contribution in [0.2, 0.25) is 0 Å². The van der Waals surface area contributed by atoms with Crippen molar-refractivity contribution in [3.63, 3.8) is 0 Å². The SMILES string of the molecule is O=C(NCc1ccc2c(c1)OCO2)c1cc([N+](=O)[O-])ccc1NC1(CO)CCCC1. The first kappa shape index (κ1) is 20.0. The summed E-state index contributed by atoms with van der Waals surface area (Å²) in [5.41, 5.74) is 0.778. The lowest BCUT2D eigenvalue weighted by Gasteiger charge is -2.30. The highest BCUT2D eigenvalue weighted by atomic mass is 16.7. The van der Waals surface area contributed by atoms with Gasteiger partial charge in [-0.25, -0.2) is 0 Å². The molecule has 4 rings (SSSR count). The summed E-state index contributed by atoms with van der Waals surface area (Å²) in [4.78, 5) is 23.6. The summed E-state index contributed by atoms with van der Waals surface area (Å²) < 4.78 is 10.6. The molecule has 0 atom stereocenters. The Balaban J connectivity index is 1.55. The van der Waals surface area contributed by atoms with Crippen LogP contribution in [0.5, 0.6) is 11.5 Å². The smallest absolute Gasteiger partial charge is 0.270 e. The molecule has 0 radical (unpaired) electrons. The van der Waals surface area contributed by atoms with Gasteiger partial charge in [0, 0.05) is 24.4 Å². The number of rotatable bonds is 7. The molecule has 2 aliphatic rings. The van der Waals surface area contributed by atoms with Crippen LogP contribution >= 0.6 is 0 Å². The largest absolute Gasteiger partial charge is 0.454 e. The minimum absolute atomic E-state index is 0.0672. The van der Waals surface area contributed by atoms with Crippen molar-refractivity contribution in [3.8, 4) is 11.5 Å². The molecule has 3 N–H and O–H groups in total. The van der Waals surface area contributed by atoms with Gasteiger partial charge < -0.3 is 25.2 Å². The molecule has 9 heteroatoms. The van der Waals surface area contributed by atoms with Crippen molar-refractivity contribution in [2.75, 3.05) is 18.7 Å². The van der Waals surface area contributed by atoms with Crippen LogP contribution in [0.3, 0.4) is 0 Å². The Morgan fingerprint density at radius 2 is 1.90 bits per heavy atom. The second kappa shape index (κ2) is 8.19. The van der Waals surface area contributed by atoms with Gasteiger partial charge in [-0.3, -0.25) is 14.9 Å². The van der Waals surface area contributed by atoms with E-state index < -0.39 is 16.4 Å². The number of nitro groups is 1. The van der Waals surface area contributed by atoms with E-state index in [2.05, 4.69) is 10.6 Å². The van der Waals surface area contributed by atoms with E-state index >= 15 is 0 Å². The molecule has 1 aliphatic carbocycles. The first-order valence-electron chi connectivity index (χ1n) is 9.84. The number of ether oxygens (including phenoxy) is 2. The van der Waals surface area contributed by atoms with E-state index in [4.69, 9.17) is 9.47 Å². The zero-order valence-electron chi connectivity index (χ0n) is 16.3. The third-order valence-corrected chi connectivity index (χ3v) is 5.61. The zero-order chi connectivity index (χ0) is 21.1. The number of anilines is 1. The van der Waals surface area contributed by atoms with Crippen molar-refractivity contribution in [1.29, 1.82) is 0 Å². The highest BCUT2D eigenvalue weighted by molar-refractivity contribution is 6.00. The second-order valence-corrected chi connectivity index (χ2v) is 7.63. The fourth-order valence-corrected chi connectivity index (χ4v) is 3.93. The van der Waals surface area contributed by atoms with Crippen LogP contribution in [-0.2, 0) is 6.54 Å². The van der Waals surface area contributed by atoms with Crippen LogP contribution in [-0.4, -0.2) is 34.9 Å². The Kier molecular flexibility index (Phi) is 5.45. The molecule has 158 valence electrons. The number of hydrogen-bond acceptors (Lipinski definition) is 7. The number of nitrogens with one attached hydrogen (secondary N) is 2. The Morgan fingerprint density at radius 1 is 1.13 bits per heavy atom. The Hall–Kier alpha value is -3.33. The first-order chi connectivity index (χ1) is 14.5. The number of amides is 1. The van der Waals surface area contributed by atoms with Gasteiger partial charge in [0.1, 0.15) is 0 Å². The van der Waals surface area contributed by atoms with E-state index in [0.29, 0.717) is 17.2 Å². The number of hydrogen-bond donors (Lipinski definition) is 3. The normalized spacial score (nSPS) is 16.3. The topological polar surface area (TPSA) is 123 Å². The number of carbonyl (C=O) groups is 1. The summed E-state index contributed by atoms with van der Waals surface area (Å²) in [7, 11) is 0. The van der Waals surface area contributed by atoms with Crippen LogP contribution < -0.4 is 20.1 Å². The lowest BCUT2D eigenvalue weighted by molar-refractivity contribution is -0.384. The van der Waals surface area contributed by atoms with Gasteiger partial charge in [0.15, 0.2) is 11.5 Å². The Bertz CT molecular complexity index is 971. The molecule has 0 spiro atoms. The number of nitro benzene ring substituents is 1. The summed E-state index contributed by atoms with van der Waals surface area (Å²) in [5.74, 6) is 0.830. The van der Waals surface area contributed by atoms with Crippen molar-refractivity contribution in [1.82, 2.24) is 5.32 Å². The third kappa shape index (κ3) is 4.02. The lowest BCUT2D eigenvalue weighted by Crippen LogP contribution is -2.40. The van der Waals surface area contributed by atoms with E-state index in [9.17, 15) is 20.0 Å². The minimum atomic E-state index is -0.532. The summed E-state index contributed by atoms with van der Waals surface area (Å²) >= 11 is 0. The molecule has 0 unspecified atom stereocenters. The molecule has 1 saturated carbocycles. The van der Waals surface area contributed by atoms with Gasteiger partial charge in [-0.1, -0.05) is 18.9 Å². The maximum Gasteiger partial charge on any atom is 0.270 e. The molecule has 2 aromatic carbocycles. The van der Waals surface area contributed by atoms with Gasteiger partial charge in [-0.15, -0.1) is 0 Å². The summed E-state index contributed by atoms with van der Waals surface area (Å²) in [6.07, 6.45) is 3.51. The second-order valence-electron chi connectivity index (χ2n) is 7.63. The van der Waals surface area contributed by atoms with Crippen molar-refractivity contribution < 1.29 is 24.3 Å². The predicted octanol–water partition coefficient (Wildman–Crippen LogP) is 2.97. The van der Waals surface area contributed by atoms with Crippen molar-refractivity contribution in [2.24, 2.45) is 0 Å². The van der Waals surface area contributed by atoms with Gasteiger partial charge in [-0.05, 0) is 36.6 Å². The highest BCUT2D eigenvalue weighted by Crippen LogP contribution is 2.35. The van der Waals surface area contributed by atoms with Gasteiger partial charge in [0.25, 0.3) is 11.6 Å². The standard InChI is InChI=1S/C21H23N3O6/c25-12-21(7-1-2-8-21)23-17-5-4-15(24(27)28)10-16(17)20(26)22-11-14-3-6-18-19(9-14)30-13-29-18/h3-6,9-10,23,25H,1-2,7-8,11-13H2,(H,22,26). The number of carbonyl (C=O) groups excluding carboxylic acids is 1. The average Bonchev–Trinajstić information content (AvgIpc) is 3.41. The molecular formula is C21H23N3O6. The molecule has 1 heterocycles.